The van der Waals surface area contributed by atoms with Gasteiger partial charge >= 0.3 is 0 Å². The van der Waals surface area contributed by atoms with Gasteiger partial charge < -0.3 is 5.32 Å². The van der Waals surface area contributed by atoms with Crippen LogP contribution in [0.2, 0.25) is 0 Å². The highest BCUT2D eigenvalue weighted by molar-refractivity contribution is 7.99. The Hall–Kier alpha value is -1.88. The van der Waals surface area contributed by atoms with Gasteiger partial charge in [0.2, 0.25) is 5.91 Å². The Morgan fingerprint density at radius 1 is 1.10 bits per heavy atom. The van der Waals surface area contributed by atoms with Crippen LogP contribution < -0.4 is 5.32 Å². The Kier molecular flexibility index (Phi) is 5.55. The quantitative estimate of drug-likeness (QED) is 0.889. The van der Waals surface area contributed by atoms with Crippen molar-refractivity contribution in [1.82, 2.24) is 10.3 Å². The molecule has 0 radical (unpaired) electrons. The van der Waals surface area contributed by atoms with Crippen molar-refractivity contribution in [1.29, 1.82) is 0 Å². The summed E-state index contributed by atoms with van der Waals surface area (Å²) in [7, 11) is 0. The van der Waals surface area contributed by atoms with Gasteiger partial charge in [0.15, 0.2) is 0 Å². The second kappa shape index (κ2) is 7.65. The van der Waals surface area contributed by atoms with E-state index in [1.165, 1.54) is 23.9 Å². The molecule has 0 aliphatic rings. The van der Waals surface area contributed by atoms with Gasteiger partial charge in [0.1, 0.15) is 5.82 Å². The highest BCUT2D eigenvalue weighted by Gasteiger charge is 2.02. The topological polar surface area (TPSA) is 42.0 Å². The number of nitrogens with one attached hydrogen (secondary N) is 1. The Morgan fingerprint density at radius 3 is 2.50 bits per heavy atom. The third-order valence-corrected chi connectivity index (χ3v) is 3.66. The maximum atomic E-state index is 12.7. The van der Waals surface area contributed by atoms with Crippen molar-refractivity contribution < 1.29 is 9.18 Å². The van der Waals surface area contributed by atoms with Crippen LogP contribution in [0.1, 0.15) is 11.1 Å². The van der Waals surface area contributed by atoms with Gasteiger partial charge in [0.25, 0.3) is 0 Å². The van der Waals surface area contributed by atoms with Gasteiger partial charge in [0, 0.05) is 24.7 Å². The van der Waals surface area contributed by atoms with Crippen molar-refractivity contribution in [2.75, 3.05) is 5.75 Å². The number of rotatable bonds is 6. The van der Waals surface area contributed by atoms with Crippen molar-refractivity contribution in [3.8, 4) is 0 Å². The normalized spacial score (nSPS) is 10.2. The van der Waals surface area contributed by atoms with Gasteiger partial charge in [-0.1, -0.05) is 12.1 Å². The molecule has 1 heterocycles. The summed E-state index contributed by atoms with van der Waals surface area (Å²) >= 11 is 1.51. The Balaban J connectivity index is 1.66. The molecule has 0 unspecified atom stereocenters. The summed E-state index contributed by atoms with van der Waals surface area (Å²) in [6, 6.07) is 10.1. The van der Waals surface area contributed by atoms with E-state index in [0.29, 0.717) is 18.1 Å². The molecule has 5 heteroatoms. The molecule has 2 aromatic rings. The molecule has 1 aromatic heterocycles. The zero-order valence-electron chi connectivity index (χ0n) is 10.9. The Morgan fingerprint density at radius 2 is 1.80 bits per heavy atom. The minimum Gasteiger partial charge on any atom is -0.351 e. The van der Waals surface area contributed by atoms with E-state index in [2.05, 4.69) is 10.3 Å². The highest BCUT2D eigenvalue weighted by atomic mass is 32.2. The first kappa shape index (κ1) is 14.5. The molecule has 20 heavy (non-hydrogen) atoms. The minimum atomic E-state index is -0.242. The van der Waals surface area contributed by atoms with Crippen molar-refractivity contribution in [3.63, 3.8) is 0 Å². The molecule has 0 fully saturated rings. The Bertz CT molecular complexity index is 546. The number of benzene rings is 1. The summed E-state index contributed by atoms with van der Waals surface area (Å²) in [5, 5.41) is 2.85. The molecular formula is C15H15FN2OS. The van der Waals surface area contributed by atoms with Gasteiger partial charge in [-0.05, 0) is 35.4 Å². The number of thioether (sulfide) groups is 1. The average Bonchev–Trinajstić information content (AvgIpc) is 2.48. The number of pyridine rings is 1. The highest BCUT2D eigenvalue weighted by Crippen LogP contribution is 2.12. The number of carbonyl (C=O) groups excluding carboxylic acids is 1. The number of hydrogen-bond donors (Lipinski definition) is 1. The molecule has 0 saturated carbocycles. The number of nitrogens with zero attached hydrogens (tertiary/aromatic N) is 1. The minimum absolute atomic E-state index is 0.00563. The van der Waals surface area contributed by atoms with Crippen molar-refractivity contribution in [2.45, 2.75) is 12.3 Å². The molecule has 1 N–H and O–H groups in total. The second-order valence-electron chi connectivity index (χ2n) is 4.25. The number of carbonyl (C=O) groups is 1. The lowest BCUT2D eigenvalue weighted by molar-refractivity contribution is -0.118. The van der Waals surface area contributed by atoms with Gasteiger partial charge in [-0.25, -0.2) is 4.39 Å². The van der Waals surface area contributed by atoms with Crippen LogP contribution in [0.25, 0.3) is 0 Å². The van der Waals surface area contributed by atoms with E-state index >= 15 is 0 Å². The van der Waals surface area contributed by atoms with Gasteiger partial charge in [-0.15, -0.1) is 11.8 Å². The summed E-state index contributed by atoms with van der Waals surface area (Å²) in [6.07, 6.45) is 3.40. The SMILES string of the molecule is O=C(CSCc1ccc(F)cc1)NCc1ccncc1. The molecule has 0 bridgehead atoms. The fraction of sp³-hybridized carbons (Fsp3) is 0.200. The van der Waals surface area contributed by atoms with Crippen molar-refractivity contribution in [2.24, 2.45) is 0 Å². The zero-order chi connectivity index (χ0) is 14.2. The molecule has 0 aliphatic carbocycles. The van der Waals surface area contributed by atoms with Crippen LogP contribution in [0.5, 0.6) is 0 Å². The smallest absolute Gasteiger partial charge is 0.230 e. The van der Waals surface area contributed by atoms with E-state index < -0.39 is 0 Å². The fourth-order valence-corrected chi connectivity index (χ4v) is 2.41. The fourth-order valence-electron chi connectivity index (χ4n) is 1.59. The first-order chi connectivity index (χ1) is 9.74. The third-order valence-electron chi connectivity index (χ3n) is 2.65. The van der Waals surface area contributed by atoms with E-state index in [1.54, 1.807) is 24.5 Å². The van der Waals surface area contributed by atoms with E-state index in [1.807, 2.05) is 12.1 Å². The van der Waals surface area contributed by atoms with E-state index in [-0.39, 0.29) is 11.7 Å². The summed E-state index contributed by atoms with van der Waals surface area (Å²) in [6.45, 7) is 0.512. The molecular weight excluding hydrogens is 275 g/mol. The summed E-state index contributed by atoms with van der Waals surface area (Å²) in [5.74, 6) is 0.841. The number of amides is 1. The number of hydrogen-bond acceptors (Lipinski definition) is 3. The molecule has 0 saturated heterocycles. The lowest BCUT2D eigenvalue weighted by atomic mass is 10.2. The molecule has 1 aromatic carbocycles. The predicted octanol–water partition coefficient (Wildman–Crippen LogP) is 2.77. The summed E-state index contributed by atoms with van der Waals surface area (Å²) in [4.78, 5) is 15.6. The summed E-state index contributed by atoms with van der Waals surface area (Å²) < 4.78 is 12.7. The first-order valence-corrected chi connectivity index (χ1v) is 7.37. The van der Waals surface area contributed by atoms with E-state index in [4.69, 9.17) is 0 Å². The summed E-state index contributed by atoms with van der Waals surface area (Å²) in [5.41, 5.74) is 2.04. The molecule has 0 aliphatic heterocycles. The Labute approximate surface area is 121 Å². The third kappa shape index (κ3) is 5.01. The van der Waals surface area contributed by atoms with Gasteiger partial charge in [-0.3, -0.25) is 9.78 Å². The predicted molar refractivity (Wildman–Crippen MR) is 78.6 cm³/mol. The van der Waals surface area contributed by atoms with Crippen molar-refractivity contribution >= 4 is 17.7 Å². The van der Waals surface area contributed by atoms with Crippen molar-refractivity contribution in [3.05, 3.63) is 65.7 Å². The second-order valence-corrected chi connectivity index (χ2v) is 5.24. The van der Waals surface area contributed by atoms with Crippen LogP contribution in [0.15, 0.2) is 48.8 Å². The van der Waals surface area contributed by atoms with Crippen LogP contribution in [0, 0.1) is 5.82 Å². The molecule has 104 valence electrons. The molecule has 3 nitrogen and oxygen atoms in total. The molecule has 0 atom stereocenters. The van der Waals surface area contributed by atoms with Gasteiger partial charge in [-0.2, -0.15) is 0 Å². The van der Waals surface area contributed by atoms with Gasteiger partial charge in [0.05, 0.1) is 5.75 Å². The lowest BCUT2D eigenvalue weighted by Gasteiger charge is -2.05. The van der Waals surface area contributed by atoms with Crippen LogP contribution in [-0.4, -0.2) is 16.6 Å². The monoisotopic (exact) mass is 290 g/mol. The number of aromatic nitrogens is 1. The first-order valence-electron chi connectivity index (χ1n) is 6.22. The maximum Gasteiger partial charge on any atom is 0.230 e. The van der Waals surface area contributed by atoms with E-state index in [0.717, 1.165) is 11.1 Å². The number of halogens is 1. The van der Waals surface area contributed by atoms with Crippen LogP contribution in [0.4, 0.5) is 4.39 Å². The molecule has 2 rings (SSSR count). The standard InChI is InChI=1S/C15H15FN2OS/c16-14-3-1-13(2-4-14)10-20-11-15(19)18-9-12-5-7-17-8-6-12/h1-8H,9-11H2,(H,18,19). The largest absolute Gasteiger partial charge is 0.351 e. The maximum absolute atomic E-state index is 12.7. The average molecular weight is 290 g/mol. The lowest BCUT2D eigenvalue weighted by Crippen LogP contribution is -2.24. The van der Waals surface area contributed by atoms with Crippen LogP contribution in [0.3, 0.4) is 0 Å². The van der Waals surface area contributed by atoms with E-state index in [9.17, 15) is 9.18 Å². The molecule has 0 spiro atoms. The molecule has 1 amide bonds. The van der Waals surface area contributed by atoms with Crippen LogP contribution in [-0.2, 0) is 17.1 Å². The zero-order valence-corrected chi connectivity index (χ0v) is 11.7. The van der Waals surface area contributed by atoms with Crippen LogP contribution >= 0.6 is 11.8 Å².